The molecule has 1 aliphatic heterocycles. The van der Waals surface area contributed by atoms with Crippen molar-refractivity contribution in [1.82, 2.24) is 20.0 Å². The van der Waals surface area contributed by atoms with Crippen LogP contribution in [0.3, 0.4) is 0 Å². The van der Waals surface area contributed by atoms with Crippen molar-refractivity contribution < 1.29 is 4.79 Å². The Balaban J connectivity index is 0.00000280. The molecule has 5 nitrogen and oxygen atoms in total. The maximum atomic E-state index is 13.1. The van der Waals surface area contributed by atoms with E-state index >= 15 is 0 Å². The summed E-state index contributed by atoms with van der Waals surface area (Å²) in [6.07, 6.45) is 3.35. The molecule has 0 aliphatic carbocycles. The molecule has 0 spiro atoms. The lowest BCUT2D eigenvalue weighted by molar-refractivity contribution is 0.0685. The molecule has 0 unspecified atom stereocenters. The fourth-order valence-corrected chi connectivity index (χ4v) is 4.08. The van der Waals surface area contributed by atoms with Crippen molar-refractivity contribution in [3.05, 3.63) is 51.8 Å². The van der Waals surface area contributed by atoms with Gasteiger partial charge in [0, 0.05) is 23.8 Å². The Labute approximate surface area is 178 Å². The number of piperidine rings is 1. The van der Waals surface area contributed by atoms with E-state index < -0.39 is 0 Å². The number of aryl methyl sites for hydroxylation is 1. The molecular weight excluding hydrogens is 395 g/mol. The van der Waals surface area contributed by atoms with Gasteiger partial charge in [0.1, 0.15) is 0 Å². The van der Waals surface area contributed by atoms with Crippen LogP contribution in [0.4, 0.5) is 0 Å². The third-order valence-corrected chi connectivity index (χ3v) is 5.95. The van der Waals surface area contributed by atoms with Gasteiger partial charge in [0.05, 0.1) is 17.8 Å². The SMILES string of the molecule is CNCCC1CCN(C(=O)c2c(C)nn(Cc3ccccc3Cl)c2C)CC1.Cl. The quantitative estimate of drug-likeness (QED) is 0.759. The zero-order chi connectivity index (χ0) is 19.4. The van der Waals surface area contributed by atoms with Gasteiger partial charge in [-0.3, -0.25) is 9.48 Å². The Morgan fingerprint density at radius 3 is 2.57 bits per heavy atom. The molecule has 1 saturated heterocycles. The van der Waals surface area contributed by atoms with Crippen molar-refractivity contribution >= 4 is 29.9 Å². The monoisotopic (exact) mass is 424 g/mol. The molecule has 1 N–H and O–H groups in total. The van der Waals surface area contributed by atoms with Gasteiger partial charge in [-0.15, -0.1) is 12.4 Å². The molecule has 7 heteroatoms. The van der Waals surface area contributed by atoms with Crippen LogP contribution in [0.2, 0.25) is 5.02 Å². The molecule has 1 aromatic carbocycles. The summed E-state index contributed by atoms with van der Waals surface area (Å²) in [6, 6.07) is 7.77. The number of amides is 1. The number of nitrogens with zero attached hydrogens (tertiary/aromatic N) is 3. The molecule has 1 aliphatic rings. The molecule has 154 valence electrons. The summed E-state index contributed by atoms with van der Waals surface area (Å²) < 4.78 is 1.89. The van der Waals surface area contributed by atoms with Crippen LogP contribution in [-0.4, -0.2) is 47.3 Å². The Hall–Kier alpha value is -1.56. The second kappa shape index (κ2) is 10.3. The van der Waals surface area contributed by atoms with Crippen LogP contribution in [0.1, 0.15) is 46.6 Å². The Bertz CT molecular complexity index is 798. The van der Waals surface area contributed by atoms with Gasteiger partial charge < -0.3 is 10.2 Å². The van der Waals surface area contributed by atoms with E-state index in [1.165, 1.54) is 6.42 Å². The first-order valence-corrected chi connectivity index (χ1v) is 10.1. The fourth-order valence-electron chi connectivity index (χ4n) is 3.88. The molecule has 28 heavy (non-hydrogen) atoms. The lowest BCUT2D eigenvalue weighted by Crippen LogP contribution is -2.39. The van der Waals surface area contributed by atoms with E-state index in [4.69, 9.17) is 11.6 Å². The smallest absolute Gasteiger partial charge is 0.257 e. The minimum atomic E-state index is 0. The van der Waals surface area contributed by atoms with Gasteiger partial charge in [-0.2, -0.15) is 5.10 Å². The standard InChI is InChI=1S/C21H29ClN4O.ClH/c1-15-20(21(27)25-12-9-17(10-13-25)8-11-23-3)16(2)26(24-15)14-18-6-4-5-7-19(18)22;/h4-7,17,23H,8-14H2,1-3H3;1H. The van der Waals surface area contributed by atoms with Gasteiger partial charge in [0.15, 0.2) is 0 Å². The number of likely N-dealkylation sites (tertiary alicyclic amines) is 1. The summed E-state index contributed by atoms with van der Waals surface area (Å²) in [5.74, 6) is 0.828. The first kappa shape index (κ1) is 22.7. The van der Waals surface area contributed by atoms with Gasteiger partial charge >= 0.3 is 0 Å². The maximum Gasteiger partial charge on any atom is 0.257 e. The van der Waals surface area contributed by atoms with E-state index in [0.717, 1.165) is 60.0 Å². The van der Waals surface area contributed by atoms with Crippen molar-refractivity contribution in [2.24, 2.45) is 5.92 Å². The topological polar surface area (TPSA) is 50.2 Å². The van der Waals surface area contributed by atoms with E-state index in [0.29, 0.717) is 12.5 Å². The third-order valence-electron chi connectivity index (χ3n) is 5.58. The molecule has 1 amide bonds. The Morgan fingerprint density at radius 1 is 1.25 bits per heavy atom. The van der Waals surface area contributed by atoms with E-state index in [-0.39, 0.29) is 18.3 Å². The largest absolute Gasteiger partial charge is 0.339 e. The highest BCUT2D eigenvalue weighted by atomic mass is 35.5. The average Bonchev–Trinajstić information content (AvgIpc) is 2.95. The molecule has 1 fully saturated rings. The molecule has 1 aromatic heterocycles. The van der Waals surface area contributed by atoms with Crippen LogP contribution in [0, 0.1) is 19.8 Å². The molecule has 0 atom stereocenters. The summed E-state index contributed by atoms with van der Waals surface area (Å²) in [4.78, 5) is 15.1. The number of nitrogens with one attached hydrogen (secondary N) is 1. The zero-order valence-corrected chi connectivity index (χ0v) is 18.4. The molecular formula is C21H30Cl2N4O. The van der Waals surface area contributed by atoms with E-state index in [1.54, 1.807) is 0 Å². The second-order valence-electron chi connectivity index (χ2n) is 7.42. The summed E-state index contributed by atoms with van der Waals surface area (Å²) in [5.41, 5.74) is 3.46. The number of hydrogen-bond acceptors (Lipinski definition) is 3. The highest BCUT2D eigenvalue weighted by Gasteiger charge is 2.27. The normalized spacial score (nSPS) is 14.8. The van der Waals surface area contributed by atoms with Crippen LogP contribution in [0.15, 0.2) is 24.3 Å². The summed E-state index contributed by atoms with van der Waals surface area (Å²) in [5, 5.41) is 8.56. The molecule has 0 bridgehead atoms. The molecule has 2 heterocycles. The summed E-state index contributed by atoms with van der Waals surface area (Å²) >= 11 is 6.29. The van der Waals surface area contributed by atoms with Crippen LogP contribution >= 0.6 is 24.0 Å². The lowest BCUT2D eigenvalue weighted by atomic mass is 9.93. The van der Waals surface area contributed by atoms with E-state index in [1.807, 2.05) is 54.7 Å². The molecule has 3 rings (SSSR count). The number of halogens is 2. The van der Waals surface area contributed by atoms with Gasteiger partial charge in [0.25, 0.3) is 5.91 Å². The van der Waals surface area contributed by atoms with E-state index in [2.05, 4.69) is 10.4 Å². The van der Waals surface area contributed by atoms with Crippen LogP contribution in [-0.2, 0) is 6.54 Å². The van der Waals surface area contributed by atoms with Crippen LogP contribution in [0.5, 0.6) is 0 Å². The maximum absolute atomic E-state index is 13.1. The van der Waals surface area contributed by atoms with E-state index in [9.17, 15) is 4.79 Å². The molecule has 0 radical (unpaired) electrons. The fraction of sp³-hybridized carbons (Fsp3) is 0.524. The molecule has 0 saturated carbocycles. The molecule has 2 aromatic rings. The van der Waals surface area contributed by atoms with Gasteiger partial charge in [-0.1, -0.05) is 29.8 Å². The third kappa shape index (κ3) is 5.07. The number of hydrogen-bond donors (Lipinski definition) is 1. The summed E-state index contributed by atoms with van der Waals surface area (Å²) in [6.45, 7) is 7.19. The van der Waals surface area contributed by atoms with Crippen molar-refractivity contribution in [3.63, 3.8) is 0 Å². The minimum Gasteiger partial charge on any atom is -0.339 e. The highest BCUT2D eigenvalue weighted by Crippen LogP contribution is 2.24. The second-order valence-corrected chi connectivity index (χ2v) is 7.83. The number of rotatable bonds is 6. The lowest BCUT2D eigenvalue weighted by Gasteiger charge is -2.32. The minimum absolute atomic E-state index is 0. The number of aromatic nitrogens is 2. The van der Waals surface area contributed by atoms with Crippen molar-refractivity contribution in [1.29, 1.82) is 0 Å². The number of benzene rings is 1. The van der Waals surface area contributed by atoms with Gasteiger partial charge in [0.2, 0.25) is 0 Å². The predicted molar refractivity (Wildman–Crippen MR) is 117 cm³/mol. The average molecular weight is 425 g/mol. The van der Waals surface area contributed by atoms with Gasteiger partial charge in [-0.25, -0.2) is 0 Å². The predicted octanol–water partition coefficient (Wildman–Crippen LogP) is 4.09. The van der Waals surface area contributed by atoms with Crippen LogP contribution < -0.4 is 5.32 Å². The van der Waals surface area contributed by atoms with Crippen molar-refractivity contribution in [2.45, 2.75) is 39.7 Å². The van der Waals surface area contributed by atoms with Crippen molar-refractivity contribution in [2.75, 3.05) is 26.7 Å². The highest BCUT2D eigenvalue weighted by molar-refractivity contribution is 6.31. The number of carbonyl (C=O) groups is 1. The first-order chi connectivity index (χ1) is 13.0. The van der Waals surface area contributed by atoms with Gasteiger partial charge in [-0.05, 0) is 64.3 Å². The summed E-state index contributed by atoms with van der Waals surface area (Å²) in [7, 11) is 1.99. The van der Waals surface area contributed by atoms with Crippen LogP contribution in [0.25, 0.3) is 0 Å². The van der Waals surface area contributed by atoms with Crippen molar-refractivity contribution in [3.8, 4) is 0 Å². The zero-order valence-electron chi connectivity index (χ0n) is 16.9. The Morgan fingerprint density at radius 2 is 1.93 bits per heavy atom. The first-order valence-electron chi connectivity index (χ1n) is 9.72. The number of carbonyl (C=O) groups excluding carboxylic acids is 1. The Kier molecular flexibility index (Phi) is 8.35.